The van der Waals surface area contributed by atoms with Gasteiger partial charge in [-0.05, 0) is 13.3 Å². The van der Waals surface area contributed by atoms with Gasteiger partial charge in [0.15, 0.2) is 0 Å². The molecule has 1 aromatic heterocycles. The lowest BCUT2D eigenvalue weighted by Gasteiger charge is -2.04. The minimum absolute atomic E-state index is 0.275. The van der Waals surface area contributed by atoms with Crippen molar-refractivity contribution in [2.24, 2.45) is 5.73 Å². The first-order chi connectivity index (χ1) is 7.61. The van der Waals surface area contributed by atoms with Gasteiger partial charge in [0.25, 0.3) is 5.91 Å². The van der Waals surface area contributed by atoms with Crippen LogP contribution in [0.5, 0.6) is 0 Å². The maximum Gasteiger partial charge on any atom is 0.269 e. The predicted molar refractivity (Wildman–Crippen MR) is 61.0 cm³/mol. The number of carbonyl (C=O) groups excluding carboxylic acids is 1. The number of ether oxygens (including phenoxy) is 1. The second-order valence-corrected chi connectivity index (χ2v) is 3.35. The van der Waals surface area contributed by atoms with Gasteiger partial charge in [0.05, 0.1) is 24.5 Å². The molecule has 0 unspecified atom stereocenters. The molecule has 1 amide bonds. The highest BCUT2D eigenvalue weighted by Gasteiger charge is 2.18. The van der Waals surface area contributed by atoms with E-state index in [4.69, 9.17) is 16.2 Å². The van der Waals surface area contributed by atoms with Crippen LogP contribution < -0.4 is 11.5 Å². The monoisotopic (exact) mass is 226 g/mol. The summed E-state index contributed by atoms with van der Waals surface area (Å²) >= 11 is 0. The van der Waals surface area contributed by atoms with E-state index in [1.807, 2.05) is 13.8 Å². The normalized spacial score (nSPS) is 10.6. The van der Waals surface area contributed by atoms with Gasteiger partial charge in [0.2, 0.25) is 0 Å². The number of nitrogens with two attached hydrogens (primary N) is 2. The highest BCUT2D eigenvalue weighted by molar-refractivity contribution is 5.96. The van der Waals surface area contributed by atoms with Crippen LogP contribution in [-0.4, -0.2) is 28.9 Å². The highest BCUT2D eigenvalue weighted by atomic mass is 16.5. The van der Waals surface area contributed by atoms with E-state index < -0.39 is 5.91 Å². The van der Waals surface area contributed by atoms with Gasteiger partial charge in [-0.1, -0.05) is 6.92 Å². The summed E-state index contributed by atoms with van der Waals surface area (Å²) in [7, 11) is 0. The molecule has 90 valence electrons. The van der Waals surface area contributed by atoms with Gasteiger partial charge in [-0.25, -0.2) is 0 Å². The summed E-state index contributed by atoms with van der Waals surface area (Å²) in [6.07, 6.45) is 0.674. The molecule has 0 fully saturated rings. The lowest BCUT2D eigenvalue weighted by Crippen LogP contribution is -2.20. The molecule has 1 rings (SSSR count). The van der Waals surface area contributed by atoms with Gasteiger partial charge >= 0.3 is 0 Å². The summed E-state index contributed by atoms with van der Waals surface area (Å²) in [6, 6.07) is 0. The van der Waals surface area contributed by atoms with Crippen LogP contribution in [0.15, 0.2) is 0 Å². The van der Waals surface area contributed by atoms with Gasteiger partial charge in [-0.3, -0.25) is 9.48 Å². The number of nitrogen functional groups attached to an aromatic ring is 1. The summed E-state index contributed by atoms with van der Waals surface area (Å²) in [6.45, 7) is 5.43. The number of aryl methyl sites for hydroxylation is 1. The lowest BCUT2D eigenvalue weighted by molar-refractivity contribution is 0.0983. The summed E-state index contributed by atoms with van der Waals surface area (Å²) in [5.74, 6) is -0.554. The van der Waals surface area contributed by atoms with Crippen molar-refractivity contribution in [3.63, 3.8) is 0 Å². The molecule has 0 saturated carbocycles. The van der Waals surface area contributed by atoms with E-state index in [1.165, 1.54) is 4.68 Å². The van der Waals surface area contributed by atoms with Crippen molar-refractivity contribution in [1.29, 1.82) is 0 Å². The van der Waals surface area contributed by atoms with Crippen LogP contribution in [0.4, 0.5) is 5.69 Å². The highest BCUT2D eigenvalue weighted by Crippen LogP contribution is 2.17. The maximum absolute atomic E-state index is 11.2. The van der Waals surface area contributed by atoms with E-state index >= 15 is 0 Å². The van der Waals surface area contributed by atoms with Crippen molar-refractivity contribution in [3.8, 4) is 0 Å². The molecule has 1 aromatic rings. The van der Waals surface area contributed by atoms with Gasteiger partial charge in [0, 0.05) is 6.61 Å². The zero-order chi connectivity index (χ0) is 12.1. The zero-order valence-electron chi connectivity index (χ0n) is 9.69. The standard InChI is InChI=1S/C10H18N4O2/c1-3-7-8(11)9(10(12)15)14(13-7)5-6-16-4-2/h3-6,11H2,1-2H3,(H2,12,15). The number of carbonyl (C=O) groups is 1. The Balaban J connectivity index is 2.93. The van der Waals surface area contributed by atoms with Crippen LogP contribution >= 0.6 is 0 Å². The molecule has 0 atom stereocenters. The summed E-state index contributed by atoms with van der Waals surface area (Å²) in [4.78, 5) is 11.2. The smallest absolute Gasteiger partial charge is 0.269 e. The fourth-order valence-corrected chi connectivity index (χ4v) is 1.50. The van der Waals surface area contributed by atoms with Crippen molar-refractivity contribution in [1.82, 2.24) is 9.78 Å². The van der Waals surface area contributed by atoms with E-state index in [2.05, 4.69) is 5.10 Å². The largest absolute Gasteiger partial charge is 0.395 e. The third kappa shape index (κ3) is 2.52. The van der Waals surface area contributed by atoms with E-state index in [0.717, 1.165) is 0 Å². The van der Waals surface area contributed by atoms with E-state index in [9.17, 15) is 4.79 Å². The van der Waals surface area contributed by atoms with Crippen molar-refractivity contribution >= 4 is 11.6 Å². The number of rotatable bonds is 6. The third-order valence-electron chi connectivity index (χ3n) is 2.29. The molecule has 0 aliphatic rings. The van der Waals surface area contributed by atoms with Gasteiger partial charge in [-0.15, -0.1) is 0 Å². The van der Waals surface area contributed by atoms with Gasteiger partial charge in [-0.2, -0.15) is 5.10 Å². The van der Waals surface area contributed by atoms with Gasteiger partial charge in [0.1, 0.15) is 5.69 Å². The first-order valence-corrected chi connectivity index (χ1v) is 5.34. The van der Waals surface area contributed by atoms with Gasteiger partial charge < -0.3 is 16.2 Å². The Kier molecular flexibility index (Phi) is 4.30. The van der Waals surface area contributed by atoms with Crippen molar-refractivity contribution < 1.29 is 9.53 Å². The summed E-state index contributed by atoms with van der Waals surface area (Å²) < 4.78 is 6.72. The number of hydrogen-bond donors (Lipinski definition) is 2. The molecule has 0 spiro atoms. The average molecular weight is 226 g/mol. The average Bonchev–Trinajstić information content (AvgIpc) is 2.55. The summed E-state index contributed by atoms with van der Waals surface area (Å²) in [5.41, 5.74) is 12.4. The number of hydrogen-bond acceptors (Lipinski definition) is 4. The maximum atomic E-state index is 11.2. The molecule has 6 heteroatoms. The van der Waals surface area contributed by atoms with Crippen LogP contribution in [0.2, 0.25) is 0 Å². The van der Waals surface area contributed by atoms with Crippen molar-refractivity contribution in [3.05, 3.63) is 11.4 Å². The SMILES string of the molecule is CCOCCn1nc(CC)c(N)c1C(N)=O. The number of primary amides is 1. The Hall–Kier alpha value is -1.56. The first-order valence-electron chi connectivity index (χ1n) is 5.34. The topological polar surface area (TPSA) is 96.2 Å². The molecule has 1 heterocycles. The quantitative estimate of drug-likeness (QED) is 0.675. The second-order valence-electron chi connectivity index (χ2n) is 3.35. The minimum Gasteiger partial charge on any atom is -0.395 e. The van der Waals surface area contributed by atoms with Crippen molar-refractivity contribution in [2.45, 2.75) is 26.8 Å². The predicted octanol–water partition coefficient (Wildman–Crippen LogP) is 0.163. The zero-order valence-corrected chi connectivity index (χ0v) is 9.69. The van der Waals surface area contributed by atoms with Crippen molar-refractivity contribution in [2.75, 3.05) is 18.9 Å². The van der Waals surface area contributed by atoms with Crippen LogP contribution in [0.1, 0.15) is 30.0 Å². The molecule has 0 saturated heterocycles. The molecule has 0 aliphatic heterocycles. The summed E-state index contributed by atoms with van der Waals surface area (Å²) in [5, 5.41) is 4.23. The molecular formula is C10H18N4O2. The molecule has 4 N–H and O–H groups in total. The molecule has 0 bridgehead atoms. The first kappa shape index (κ1) is 12.5. The number of nitrogens with zero attached hydrogens (tertiary/aromatic N) is 2. The Labute approximate surface area is 94.5 Å². The van der Waals surface area contributed by atoms with E-state index in [-0.39, 0.29) is 5.69 Å². The Bertz CT molecular complexity index is 373. The molecular weight excluding hydrogens is 208 g/mol. The van der Waals surface area contributed by atoms with E-state index in [1.54, 1.807) is 0 Å². The molecule has 0 aromatic carbocycles. The fourth-order valence-electron chi connectivity index (χ4n) is 1.50. The second kappa shape index (κ2) is 5.50. The minimum atomic E-state index is -0.554. The molecule has 6 nitrogen and oxygen atoms in total. The third-order valence-corrected chi connectivity index (χ3v) is 2.29. The molecule has 0 radical (unpaired) electrons. The molecule has 16 heavy (non-hydrogen) atoms. The number of anilines is 1. The van der Waals surface area contributed by atoms with Crippen LogP contribution in [0, 0.1) is 0 Å². The number of aromatic nitrogens is 2. The lowest BCUT2D eigenvalue weighted by atomic mass is 10.2. The van der Waals surface area contributed by atoms with Crippen LogP contribution in [0.25, 0.3) is 0 Å². The number of amides is 1. The van der Waals surface area contributed by atoms with E-state index in [0.29, 0.717) is 37.6 Å². The van der Waals surface area contributed by atoms with Crippen LogP contribution in [0.3, 0.4) is 0 Å². The Morgan fingerprint density at radius 1 is 1.50 bits per heavy atom. The fraction of sp³-hybridized carbons (Fsp3) is 0.600. The van der Waals surface area contributed by atoms with Crippen LogP contribution in [-0.2, 0) is 17.7 Å². The molecule has 0 aliphatic carbocycles. The Morgan fingerprint density at radius 2 is 2.19 bits per heavy atom. The Morgan fingerprint density at radius 3 is 2.69 bits per heavy atom.